The van der Waals surface area contributed by atoms with Crippen LogP contribution in [0.25, 0.3) is 0 Å². The second-order valence-electron chi connectivity index (χ2n) is 4.79. The van der Waals surface area contributed by atoms with Crippen molar-refractivity contribution in [2.24, 2.45) is 15.7 Å². The van der Waals surface area contributed by atoms with Crippen molar-refractivity contribution in [1.82, 2.24) is 9.21 Å². The molecule has 0 aromatic rings. The van der Waals surface area contributed by atoms with E-state index in [1.165, 1.54) is 0 Å². The molecule has 2 fully saturated rings. The Hall–Kier alpha value is -1.29. The van der Waals surface area contributed by atoms with E-state index >= 15 is 0 Å². The van der Waals surface area contributed by atoms with Gasteiger partial charge in [0.25, 0.3) is 0 Å². The molecule has 2 saturated heterocycles. The molecule has 4 rings (SSSR count). The second kappa shape index (κ2) is 3.63. The largest absolute Gasteiger partial charge is 0.394 e. The topological polar surface area (TPSA) is 107 Å². The predicted octanol–water partition coefficient (Wildman–Crippen LogP) is -1.41. The smallest absolute Gasteiger partial charge is 0.242 e. The Balaban J connectivity index is 1.66. The molecule has 0 amide bonds. The van der Waals surface area contributed by atoms with Gasteiger partial charge in [-0.15, -0.1) is 0 Å². The van der Waals surface area contributed by atoms with Crippen molar-refractivity contribution in [1.29, 1.82) is 0 Å². The molecular weight excluding hydrogens is 270 g/mol. The van der Waals surface area contributed by atoms with Crippen LogP contribution in [0.2, 0.25) is 0 Å². The summed E-state index contributed by atoms with van der Waals surface area (Å²) in [5.74, 6) is 0.381. The van der Waals surface area contributed by atoms with Crippen LogP contribution in [-0.2, 0) is 4.74 Å². The molecule has 2 unspecified atom stereocenters. The van der Waals surface area contributed by atoms with Crippen molar-refractivity contribution in [2.75, 3.05) is 6.61 Å². The maximum Gasteiger partial charge on any atom is 0.242 e. The fourth-order valence-electron chi connectivity index (χ4n) is 2.68. The first kappa shape index (κ1) is 11.5. The summed E-state index contributed by atoms with van der Waals surface area (Å²) in [5.41, 5.74) is 6.51. The first-order valence-electron chi connectivity index (χ1n) is 5.96. The minimum Gasteiger partial charge on any atom is -0.394 e. The van der Waals surface area contributed by atoms with Gasteiger partial charge in [-0.1, -0.05) is 0 Å². The third kappa shape index (κ3) is 1.35. The van der Waals surface area contributed by atoms with E-state index in [1.54, 1.807) is 24.6 Å². The molecule has 8 nitrogen and oxygen atoms in total. The Morgan fingerprint density at radius 2 is 2.37 bits per heavy atom. The summed E-state index contributed by atoms with van der Waals surface area (Å²) in [6.45, 7) is -0.107. The number of hydrogen-bond acceptors (Lipinski definition) is 9. The molecular formula is C10H13N5O3S. The molecule has 19 heavy (non-hydrogen) atoms. The molecule has 1 spiro atoms. The third-order valence-electron chi connectivity index (χ3n) is 3.65. The summed E-state index contributed by atoms with van der Waals surface area (Å²) in [4.78, 5) is 9.64. The van der Waals surface area contributed by atoms with Crippen molar-refractivity contribution in [3.05, 3.63) is 11.5 Å². The van der Waals surface area contributed by atoms with Gasteiger partial charge >= 0.3 is 0 Å². The molecule has 4 aliphatic rings. The summed E-state index contributed by atoms with van der Waals surface area (Å²) in [6, 6.07) is 0. The third-order valence-corrected chi connectivity index (χ3v) is 4.89. The van der Waals surface area contributed by atoms with Crippen molar-refractivity contribution in [3.63, 3.8) is 0 Å². The van der Waals surface area contributed by atoms with E-state index in [-0.39, 0.29) is 12.7 Å². The van der Waals surface area contributed by atoms with Crippen LogP contribution in [0.5, 0.6) is 0 Å². The highest BCUT2D eigenvalue weighted by Crippen LogP contribution is 2.62. The van der Waals surface area contributed by atoms with E-state index in [1.807, 2.05) is 9.21 Å². The maximum atomic E-state index is 10.1. The average Bonchev–Trinajstić information content (AvgIpc) is 2.80. The molecule has 0 aromatic heterocycles. The standard InChI is InChI=1S/C10H13N5O3S/c11-8-7-10(15(19-10)4-12-7)14(3-13-8)9-6(17)1-5(2-16)18-9/h3-6,9,16-17H,1-2,11H2/t5-,6+,9?,10?,15?/m0/s1. The molecule has 4 aliphatic heterocycles. The highest BCUT2D eigenvalue weighted by atomic mass is 32.2. The number of aliphatic hydroxyl groups is 2. The molecule has 102 valence electrons. The molecule has 4 N–H and O–H groups in total. The summed E-state index contributed by atoms with van der Waals surface area (Å²) in [5, 5.41) is 19.3. The summed E-state index contributed by atoms with van der Waals surface area (Å²) in [6.07, 6.45) is 2.09. The minimum absolute atomic E-state index is 0.107. The Labute approximate surface area is 113 Å². The van der Waals surface area contributed by atoms with E-state index in [9.17, 15) is 5.11 Å². The first-order valence-corrected chi connectivity index (χ1v) is 6.74. The second-order valence-corrected chi connectivity index (χ2v) is 5.94. The molecule has 9 heteroatoms. The number of hydrogen-bond donors (Lipinski definition) is 3. The van der Waals surface area contributed by atoms with Gasteiger partial charge in [0.2, 0.25) is 4.99 Å². The molecule has 4 heterocycles. The van der Waals surface area contributed by atoms with E-state index < -0.39 is 17.3 Å². The number of aliphatic imine (C=N–C) groups is 2. The fraction of sp³-hybridized carbons (Fsp3) is 0.600. The van der Waals surface area contributed by atoms with Crippen LogP contribution in [0.1, 0.15) is 6.42 Å². The molecule has 0 radical (unpaired) electrons. The quantitative estimate of drug-likeness (QED) is 0.422. The van der Waals surface area contributed by atoms with Gasteiger partial charge in [0, 0.05) is 18.4 Å². The molecule has 0 bridgehead atoms. The molecule has 0 aliphatic carbocycles. The zero-order valence-corrected chi connectivity index (χ0v) is 10.7. The Bertz CT molecular complexity index is 523. The average molecular weight is 283 g/mol. The number of nitrogens with two attached hydrogens (primary N) is 1. The van der Waals surface area contributed by atoms with E-state index in [2.05, 4.69) is 9.98 Å². The highest BCUT2D eigenvalue weighted by molar-refractivity contribution is 8.05. The van der Waals surface area contributed by atoms with Crippen molar-refractivity contribution < 1.29 is 14.9 Å². The van der Waals surface area contributed by atoms with Gasteiger partial charge in [-0.2, -0.15) is 0 Å². The van der Waals surface area contributed by atoms with Gasteiger partial charge in [-0.05, 0) is 0 Å². The summed E-state index contributed by atoms with van der Waals surface area (Å²) >= 11 is 1.55. The zero-order valence-electron chi connectivity index (χ0n) is 9.88. The van der Waals surface area contributed by atoms with Gasteiger partial charge in [0.15, 0.2) is 12.0 Å². The zero-order chi connectivity index (χ0) is 13.2. The van der Waals surface area contributed by atoms with Gasteiger partial charge < -0.3 is 20.7 Å². The SMILES string of the molecule is NC1=C2N=CN3SC23N(C2O[C@H](CO)C[C@H]2O)C=N1. The van der Waals surface area contributed by atoms with Gasteiger partial charge in [-0.3, -0.25) is 9.21 Å². The Morgan fingerprint density at radius 3 is 3.05 bits per heavy atom. The molecule has 4 atom stereocenters. The number of aliphatic hydroxyl groups excluding tert-OH is 2. The number of rotatable bonds is 2. The van der Waals surface area contributed by atoms with Crippen LogP contribution in [0.15, 0.2) is 21.5 Å². The van der Waals surface area contributed by atoms with E-state index in [0.717, 1.165) is 0 Å². The lowest BCUT2D eigenvalue weighted by Crippen LogP contribution is -2.52. The van der Waals surface area contributed by atoms with Crippen LogP contribution < -0.4 is 5.73 Å². The molecule has 0 aromatic carbocycles. The lowest BCUT2D eigenvalue weighted by molar-refractivity contribution is -0.0827. The van der Waals surface area contributed by atoms with Gasteiger partial charge in [-0.25, -0.2) is 9.98 Å². The predicted molar refractivity (Wildman–Crippen MR) is 68.6 cm³/mol. The number of ether oxygens (including phenoxy) is 1. The minimum atomic E-state index is -0.679. The number of nitrogens with zero attached hydrogens (tertiary/aromatic N) is 4. The van der Waals surface area contributed by atoms with Crippen molar-refractivity contribution in [3.8, 4) is 0 Å². The van der Waals surface area contributed by atoms with Crippen molar-refractivity contribution >= 4 is 24.6 Å². The summed E-state index contributed by atoms with van der Waals surface area (Å²) in [7, 11) is 0. The van der Waals surface area contributed by atoms with Gasteiger partial charge in [0.1, 0.15) is 18.1 Å². The normalized spacial score (nSPS) is 42.9. The van der Waals surface area contributed by atoms with Crippen LogP contribution in [0.3, 0.4) is 0 Å². The van der Waals surface area contributed by atoms with Gasteiger partial charge in [0.05, 0.1) is 19.0 Å². The van der Waals surface area contributed by atoms with Crippen LogP contribution in [0, 0.1) is 0 Å². The van der Waals surface area contributed by atoms with Crippen LogP contribution >= 0.6 is 11.9 Å². The maximum absolute atomic E-state index is 10.1. The van der Waals surface area contributed by atoms with E-state index in [4.69, 9.17) is 15.6 Å². The first-order chi connectivity index (χ1) is 9.16. The molecule has 0 saturated carbocycles. The van der Waals surface area contributed by atoms with E-state index in [0.29, 0.717) is 17.9 Å². The lowest BCUT2D eigenvalue weighted by atomic mass is 10.1. The summed E-state index contributed by atoms with van der Waals surface area (Å²) < 4.78 is 7.61. The fourth-order valence-corrected chi connectivity index (χ4v) is 3.72. The van der Waals surface area contributed by atoms with Crippen LogP contribution in [0.4, 0.5) is 0 Å². The Kier molecular flexibility index (Phi) is 2.20. The highest BCUT2D eigenvalue weighted by Gasteiger charge is 2.68. The lowest BCUT2D eigenvalue weighted by Gasteiger charge is -2.34. The van der Waals surface area contributed by atoms with Crippen molar-refractivity contribution in [2.45, 2.75) is 29.9 Å². The monoisotopic (exact) mass is 283 g/mol. The Morgan fingerprint density at radius 1 is 1.53 bits per heavy atom. The van der Waals surface area contributed by atoms with Crippen LogP contribution in [-0.4, -0.2) is 62.1 Å².